The first kappa shape index (κ1) is 18.1. The highest BCUT2D eigenvalue weighted by Gasteiger charge is 2.27. The molecule has 0 bridgehead atoms. The summed E-state index contributed by atoms with van der Waals surface area (Å²) in [6.07, 6.45) is 0.738. The summed E-state index contributed by atoms with van der Waals surface area (Å²) in [6.45, 7) is 0.125. The zero-order valence-electron chi connectivity index (χ0n) is 14.2. The molecule has 26 heavy (non-hydrogen) atoms. The maximum Gasteiger partial charge on any atom is 0.284 e. The van der Waals surface area contributed by atoms with Gasteiger partial charge in [0.05, 0.1) is 24.9 Å². The summed E-state index contributed by atoms with van der Waals surface area (Å²) in [5.41, 5.74) is 3.18. The fourth-order valence-electron chi connectivity index (χ4n) is 2.40. The molecule has 0 spiro atoms. The van der Waals surface area contributed by atoms with Gasteiger partial charge in [0.15, 0.2) is 23.0 Å². The number of carbonyl (C=O) groups is 1. The molecule has 2 aromatic rings. The molecule has 1 amide bonds. The number of hydrogen-bond acceptors (Lipinski definition) is 6. The Labute approximate surface area is 159 Å². The van der Waals surface area contributed by atoms with Crippen LogP contribution in [0.3, 0.4) is 0 Å². The van der Waals surface area contributed by atoms with E-state index in [9.17, 15) is 4.79 Å². The number of methoxy groups -OCH3 is 2. The third-order valence-corrected chi connectivity index (χ3v) is 4.23. The van der Waals surface area contributed by atoms with Crippen LogP contribution in [-0.2, 0) is 4.79 Å². The van der Waals surface area contributed by atoms with Crippen molar-refractivity contribution in [3.8, 4) is 23.0 Å². The lowest BCUT2D eigenvalue weighted by molar-refractivity contribution is -0.130. The Hall–Kier alpha value is -2.74. The average molecular weight is 421 g/mol. The fourth-order valence-corrected chi connectivity index (χ4v) is 3.03. The Morgan fingerprint density at radius 2 is 2.04 bits per heavy atom. The highest BCUT2D eigenvalue weighted by atomic mass is 79.9. The van der Waals surface area contributed by atoms with Crippen LogP contribution in [0, 0.1) is 0 Å². The SMILES string of the molecule is COc1cc(/C=N\NC(=O)C2COc3ccccc3O2)cc(Br)c1OC. The van der Waals surface area contributed by atoms with Crippen molar-refractivity contribution in [2.75, 3.05) is 20.8 Å². The molecule has 0 fully saturated rings. The number of hydrogen-bond donors (Lipinski definition) is 1. The molecule has 0 radical (unpaired) electrons. The largest absolute Gasteiger partial charge is 0.493 e. The first-order chi connectivity index (χ1) is 12.6. The first-order valence-corrected chi connectivity index (χ1v) is 8.54. The van der Waals surface area contributed by atoms with Crippen LogP contribution >= 0.6 is 15.9 Å². The van der Waals surface area contributed by atoms with Crippen molar-refractivity contribution < 1.29 is 23.7 Å². The third-order valence-electron chi connectivity index (χ3n) is 3.65. The lowest BCUT2D eigenvalue weighted by atomic mass is 10.2. The highest BCUT2D eigenvalue weighted by Crippen LogP contribution is 2.35. The van der Waals surface area contributed by atoms with Crippen LogP contribution in [0.2, 0.25) is 0 Å². The predicted octanol–water partition coefficient (Wildman–Crippen LogP) is 2.76. The van der Waals surface area contributed by atoms with Crippen molar-refractivity contribution in [3.63, 3.8) is 0 Å². The van der Waals surface area contributed by atoms with Crippen molar-refractivity contribution in [3.05, 3.63) is 46.4 Å². The standard InChI is InChI=1S/C18H17BrN2O5/c1-23-15-8-11(7-12(19)17(15)24-2)9-20-21-18(22)16-10-25-13-5-3-4-6-14(13)26-16/h3-9,16H,10H2,1-2H3,(H,21,22)/b20-9-. The Morgan fingerprint density at radius 1 is 1.27 bits per heavy atom. The molecule has 0 saturated carbocycles. The lowest BCUT2D eigenvalue weighted by Crippen LogP contribution is -2.42. The highest BCUT2D eigenvalue weighted by molar-refractivity contribution is 9.10. The van der Waals surface area contributed by atoms with Gasteiger partial charge < -0.3 is 18.9 Å². The van der Waals surface area contributed by atoms with Crippen LogP contribution in [0.25, 0.3) is 0 Å². The number of carbonyl (C=O) groups excluding carboxylic acids is 1. The van der Waals surface area contributed by atoms with E-state index in [0.29, 0.717) is 27.5 Å². The molecule has 1 aliphatic rings. The molecule has 0 aliphatic carbocycles. The van der Waals surface area contributed by atoms with Gasteiger partial charge in [-0.25, -0.2) is 5.43 Å². The Morgan fingerprint density at radius 3 is 2.77 bits per heavy atom. The van der Waals surface area contributed by atoms with Crippen molar-refractivity contribution >= 4 is 28.1 Å². The molecule has 2 aromatic carbocycles. The molecule has 0 aromatic heterocycles. The average Bonchev–Trinajstić information content (AvgIpc) is 2.67. The minimum atomic E-state index is -0.765. The molecule has 7 nitrogen and oxygen atoms in total. The monoisotopic (exact) mass is 420 g/mol. The normalized spacial score (nSPS) is 15.6. The predicted molar refractivity (Wildman–Crippen MR) is 99.3 cm³/mol. The van der Waals surface area contributed by atoms with Gasteiger partial charge in [-0.15, -0.1) is 0 Å². The maximum absolute atomic E-state index is 12.2. The summed E-state index contributed by atoms with van der Waals surface area (Å²) < 4.78 is 22.4. The summed E-state index contributed by atoms with van der Waals surface area (Å²) in [5, 5.41) is 3.97. The molecule has 1 heterocycles. The lowest BCUT2D eigenvalue weighted by Gasteiger charge is -2.24. The summed E-state index contributed by atoms with van der Waals surface area (Å²) in [4.78, 5) is 12.2. The molecule has 1 N–H and O–H groups in total. The quantitative estimate of drug-likeness (QED) is 0.594. The molecular formula is C18H17BrN2O5. The van der Waals surface area contributed by atoms with Gasteiger partial charge in [-0.1, -0.05) is 12.1 Å². The first-order valence-electron chi connectivity index (χ1n) is 7.75. The molecular weight excluding hydrogens is 404 g/mol. The van der Waals surface area contributed by atoms with Crippen molar-refractivity contribution in [2.24, 2.45) is 5.10 Å². The second kappa shape index (κ2) is 8.09. The Bertz CT molecular complexity index is 840. The smallest absolute Gasteiger partial charge is 0.284 e. The molecule has 3 rings (SSSR count). The van der Waals surface area contributed by atoms with E-state index in [1.165, 1.54) is 6.21 Å². The van der Waals surface area contributed by atoms with E-state index in [4.69, 9.17) is 18.9 Å². The van der Waals surface area contributed by atoms with E-state index in [-0.39, 0.29) is 6.61 Å². The molecule has 8 heteroatoms. The van der Waals surface area contributed by atoms with E-state index in [0.717, 1.165) is 5.56 Å². The number of nitrogens with zero attached hydrogens (tertiary/aromatic N) is 1. The van der Waals surface area contributed by atoms with E-state index < -0.39 is 12.0 Å². The number of nitrogens with one attached hydrogen (secondary N) is 1. The number of hydrazone groups is 1. The van der Waals surface area contributed by atoms with Gasteiger partial charge in [-0.05, 0) is 45.8 Å². The minimum absolute atomic E-state index is 0.125. The zero-order chi connectivity index (χ0) is 18.5. The van der Waals surface area contributed by atoms with E-state index in [1.807, 2.05) is 12.1 Å². The number of fused-ring (bicyclic) bond motifs is 1. The van der Waals surface area contributed by atoms with Gasteiger partial charge in [-0.3, -0.25) is 4.79 Å². The Kier molecular flexibility index (Phi) is 5.62. The topological polar surface area (TPSA) is 78.4 Å². The second-order valence-electron chi connectivity index (χ2n) is 5.34. The minimum Gasteiger partial charge on any atom is -0.493 e. The van der Waals surface area contributed by atoms with Gasteiger partial charge in [-0.2, -0.15) is 5.10 Å². The van der Waals surface area contributed by atoms with E-state index in [2.05, 4.69) is 26.5 Å². The number of benzene rings is 2. The van der Waals surface area contributed by atoms with E-state index in [1.54, 1.807) is 38.5 Å². The zero-order valence-corrected chi connectivity index (χ0v) is 15.8. The molecule has 1 unspecified atom stereocenters. The summed E-state index contributed by atoms with van der Waals surface area (Å²) in [5.74, 6) is 1.90. The van der Waals surface area contributed by atoms with Crippen molar-refractivity contribution in [1.29, 1.82) is 0 Å². The number of rotatable bonds is 5. The maximum atomic E-state index is 12.2. The van der Waals surface area contributed by atoms with Gasteiger partial charge in [0.2, 0.25) is 6.10 Å². The van der Waals surface area contributed by atoms with Gasteiger partial charge >= 0.3 is 0 Å². The number of amides is 1. The second-order valence-corrected chi connectivity index (χ2v) is 6.19. The summed E-state index contributed by atoms with van der Waals surface area (Å²) in [6, 6.07) is 10.7. The summed E-state index contributed by atoms with van der Waals surface area (Å²) >= 11 is 3.41. The molecule has 1 atom stereocenters. The van der Waals surface area contributed by atoms with Gasteiger partial charge in [0.25, 0.3) is 5.91 Å². The van der Waals surface area contributed by atoms with Crippen LogP contribution in [0.1, 0.15) is 5.56 Å². The van der Waals surface area contributed by atoms with Gasteiger partial charge in [0, 0.05) is 0 Å². The van der Waals surface area contributed by atoms with Crippen LogP contribution in [0.4, 0.5) is 0 Å². The van der Waals surface area contributed by atoms with Crippen LogP contribution in [-0.4, -0.2) is 39.1 Å². The fraction of sp³-hybridized carbons (Fsp3) is 0.222. The Balaban J connectivity index is 1.64. The van der Waals surface area contributed by atoms with Crippen molar-refractivity contribution in [2.45, 2.75) is 6.10 Å². The molecule has 0 saturated heterocycles. The van der Waals surface area contributed by atoms with Crippen LogP contribution in [0.5, 0.6) is 23.0 Å². The van der Waals surface area contributed by atoms with Gasteiger partial charge in [0.1, 0.15) is 6.61 Å². The summed E-state index contributed by atoms with van der Waals surface area (Å²) in [7, 11) is 3.10. The van der Waals surface area contributed by atoms with Crippen LogP contribution in [0.15, 0.2) is 46.0 Å². The molecule has 1 aliphatic heterocycles. The molecule has 136 valence electrons. The van der Waals surface area contributed by atoms with Crippen molar-refractivity contribution in [1.82, 2.24) is 5.43 Å². The number of para-hydroxylation sites is 2. The number of halogens is 1. The third kappa shape index (κ3) is 3.91. The van der Waals surface area contributed by atoms with E-state index >= 15 is 0 Å². The number of ether oxygens (including phenoxy) is 4. The van der Waals surface area contributed by atoms with Crippen LogP contribution < -0.4 is 24.4 Å².